The summed E-state index contributed by atoms with van der Waals surface area (Å²) in [5.74, 6) is -2.25. The second-order valence-corrected chi connectivity index (χ2v) is 11.6. The first kappa shape index (κ1) is 38.7. The van der Waals surface area contributed by atoms with Crippen LogP contribution >= 0.6 is 7.82 Å². The summed E-state index contributed by atoms with van der Waals surface area (Å²) < 4.78 is 47.8. The van der Waals surface area contributed by atoms with E-state index < -0.39 is 44.6 Å². The van der Waals surface area contributed by atoms with Crippen molar-refractivity contribution in [2.75, 3.05) is 0 Å². The number of phosphoric ester groups is 1. The van der Waals surface area contributed by atoms with Gasteiger partial charge in [0.15, 0.2) is 0 Å². The SMILES string of the molecule is C=C(C)C(=O)OC(CCCCC)OP(=O)(OC(CCCCC)OC(=O)C(=C)C)OC(CCCCC)OC(=O)C(=C)C. The molecule has 236 valence electrons. The number of carbonyl (C=O) groups excluding carboxylic acids is 3. The van der Waals surface area contributed by atoms with E-state index in [4.69, 9.17) is 27.8 Å². The van der Waals surface area contributed by atoms with Crippen LogP contribution in [0.25, 0.3) is 0 Å². The zero-order valence-corrected chi connectivity index (χ0v) is 26.8. The van der Waals surface area contributed by atoms with Crippen LogP contribution in [0.5, 0.6) is 0 Å². The van der Waals surface area contributed by atoms with E-state index in [1.165, 1.54) is 20.8 Å². The molecule has 0 fully saturated rings. The quantitative estimate of drug-likeness (QED) is 0.0266. The van der Waals surface area contributed by atoms with E-state index in [-0.39, 0.29) is 36.0 Å². The summed E-state index contributed by atoms with van der Waals surface area (Å²) in [5, 5.41) is 0. The Labute approximate surface area is 246 Å². The highest BCUT2D eigenvalue weighted by Gasteiger charge is 2.40. The number of ether oxygens (including phenoxy) is 3. The minimum Gasteiger partial charge on any atom is -0.432 e. The third-order valence-electron chi connectivity index (χ3n) is 5.63. The minimum absolute atomic E-state index is 0.117. The Morgan fingerprint density at radius 1 is 0.537 bits per heavy atom. The first-order valence-corrected chi connectivity index (χ1v) is 16.0. The van der Waals surface area contributed by atoms with E-state index in [1.54, 1.807) is 0 Å². The summed E-state index contributed by atoms with van der Waals surface area (Å²) in [4.78, 5) is 37.1. The second-order valence-electron chi connectivity index (χ2n) is 10.1. The smallest absolute Gasteiger partial charge is 0.432 e. The van der Waals surface area contributed by atoms with Crippen molar-refractivity contribution in [1.82, 2.24) is 0 Å². The van der Waals surface area contributed by atoms with Gasteiger partial charge >= 0.3 is 25.7 Å². The molecule has 0 aliphatic rings. The lowest BCUT2D eigenvalue weighted by molar-refractivity contribution is -0.181. The lowest BCUT2D eigenvalue weighted by atomic mass is 10.2. The van der Waals surface area contributed by atoms with Crippen LogP contribution in [-0.4, -0.2) is 36.8 Å². The number of carbonyl (C=O) groups is 3. The lowest BCUT2D eigenvalue weighted by Gasteiger charge is -2.29. The molecular formula is C30H51O10P. The third kappa shape index (κ3) is 18.0. The van der Waals surface area contributed by atoms with Crippen LogP contribution in [0.3, 0.4) is 0 Å². The molecule has 0 aliphatic heterocycles. The molecule has 3 unspecified atom stereocenters. The highest BCUT2D eigenvalue weighted by molar-refractivity contribution is 7.48. The molecule has 0 amide bonds. The summed E-state index contributed by atoms with van der Waals surface area (Å²) in [6.07, 6.45) is 3.29. The summed E-state index contributed by atoms with van der Waals surface area (Å²) >= 11 is 0. The first-order valence-electron chi connectivity index (χ1n) is 14.5. The van der Waals surface area contributed by atoms with E-state index in [2.05, 4.69) is 19.7 Å². The minimum atomic E-state index is -4.71. The summed E-state index contributed by atoms with van der Waals surface area (Å²) in [7, 11) is -4.71. The van der Waals surface area contributed by atoms with E-state index >= 15 is 0 Å². The Kier molecular flexibility index (Phi) is 20.3. The van der Waals surface area contributed by atoms with Gasteiger partial charge in [0.25, 0.3) is 0 Å². The standard InChI is InChI=1S/C30H51O10P/c1-10-13-16-19-25(35-28(31)22(4)5)38-41(34,39-26(20-17-14-11-2)36-29(32)23(6)7)40-27(21-18-15-12-3)37-30(33)24(8)9/h25-27H,4,6,8,10-21H2,1-3,5,7,9H3. The van der Waals surface area contributed by atoms with Crippen LogP contribution in [0.15, 0.2) is 36.5 Å². The molecule has 0 heterocycles. The number of hydrogen-bond donors (Lipinski definition) is 0. The normalized spacial score (nSPS) is 14.7. The van der Waals surface area contributed by atoms with Crippen molar-refractivity contribution in [2.45, 2.75) is 137 Å². The summed E-state index contributed by atoms with van der Waals surface area (Å²) in [6.45, 7) is 21.2. The van der Waals surface area contributed by atoms with Crippen LogP contribution in [0, 0.1) is 0 Å². The van der Waals surface area contributed by atoms with Gasteiger partial charge in [0, 0.05) is 36.0 Å². The maximum Gasteiger partial charge on any atom is 0.484 e. The first-order chi connectivity index (χ1) is 19.3. The molecule has 0 aliphatic carbocycles. The van der Waals surface area contributed by atoms with Gasteiger partial charge in [-0.2, -0.15) is 0 Å². The maximum absolute atomic E-state index is 14.3. The van der Waals surface area contributed by atoms with Crippen molar-refractivity contribution >= 4 is 25.7 Å². The zero-order chi connectivity index (χ0) is 31.4. The van der Waals surface area contributed by atoms with Crippen LogP contribution in [-0.2, 0) is 46.7 Å². The number of rotatable bonds is 24. The van der Waals surface area contributed by atoms with Crippen molar-refractivity contribution in [3.63, 3.8) is 0 Å². The van der Waals surface area contributed by atoms with E-state index in [0.29, 0.717) is 19.3 Å². The molecular weight excluding hydrogens is 551 g/mol. The van der Waals surface area contributed by atoms with Crippen molar-refractivity contribution < 1.29 is 46.7 Å². The Balaban J connectivity index is 6.42. The second kappa shape index (κ2) is 21.4. The number of phosphoric acid groups is 1. The molecule has 3 atom stereocenters. The average Bonchev–Trinajstić information content (AvgIpc) is 2.88. The van der Waals surface area contributed by atoms with Gasteiger partial charge in [0.2, 0.25) is 18.9 Å². The fourth-order valence-electron chi connectivity index (χ4n) is 3.25. The molecule has 0 bridgehead atoms. The number of esters is 3. The molecule has 0 radical (unpaired) electrons. The van der Waals surface area contributed by atoms with Gasteiger partial charge in [-0.1, -0.05) is 79.0 Å². The van der Waals surface area contributed by atoms with Gasteiger partial charge in [-0.3, -0.25) is 0 Å². The number of unbranched alkanes of at least 4 members (excludes halogenated alkanes) is 6. The van der Waals surface area contributed by atoms with Crippen LogP contribution in [0.4, 0.5) is 0 Å². The molecule has 0 saturated carbocycles. The maximum atomic E-state index is 14.3. The van der Waals surface area contributed by atoms with Crippen LogP contribution in [0.2, 0.25) is 0 Å². The monoisotopic (exact) mass is 602 g/mol. The van der Waals surface area contributed by atoms with Crippen molar-refractivity contribution in [1.29, 1.82) is 0 Å². The van der Waals surface area contributed by atoms with Crippen molar-refractivity contribution in [3.05, 3.63) is 36.5 Å². The predicted molar refractivity (Wildman–Crippen MR) is 157 cm³/mol. The highest BCUT2D eigenvalue weighted by atomic mass is 31.2. The fourth-order valence-corrected chi connectivity index (χ4v) is 4.71. The van der Waals surface area contributed by atoms with Gasteiger partial charge in [-0.15, -0.1) is 0 Å². The lowest BCUT2D eigenvalue weighted by Crippen LogP contribution is -2.28. The molecule has 0 aromatic carbocycles. The average molecular weight is 603 g/mol. The fraction of sp³-hybridized carbons (Fsp3) is 0.700. The molecule has 0 saturated heterocycles. The molecule has 0 N–H and O–H groups in total. The van der Waals surface area contributed by atoms with E-state index in [0.717, 1.165) is 38.5 Å². The Bertz CT molecular complexity index is 799. The third-order valence-corrected chi connectivity index (χ3v) is 7.11. The zero-order valence-electron chi connectivity index (χ0n) is 25.9. The highest BCUT2D eigenvalue weighted by Crippen LogP contribution is 2.54. The summed E-state index contributed by atoms with van der Waals surface area (Å²) in [5.41, 5.74) is 0.351. The largest absolute Gasteiger partial charge is 0.484 e. The predicted octanol–water partition coefficient (Wildman–Crippen LogP) is 8.22. The summed E-state index contributed by atoms with van der Waals surface area (Å²) in [6, 6.07) is 0. The Morgan fingerprint density at radius 3 is 0.976 bits per heavy atom. The van der Waals surface area contributed by atoms with Gasteiger partial charge < -0.3 is 14.2 Å². The van der Waals surface area contributed by atoms with Gasteiger partial charge in [0.05, 0.1) is 0 Å². The van der Waals surface area contributed by atoms with Crippen molar-refractivity contribution in [2.24, 2.45) is 0 Å². The van der Waals surface area contributed by atoms with Crippen LogP contribution in [0.1, 0.15) is 119 Å². The number of hydrogen-bond acceptors (Lipinski definition) is 10. The van der Waals surface area contributed by atoms with Gasteiger partial charge in [0.1, 0.15) is 0 Å². The topological polar surface area (TPSA) is 124 Å². The Morgan fingerprint density at radius 2 is 0.780 bits per heavy atom. The molecule has 11 heteroatoms. The Hall–Kier alpha value is -2.26. The molecule has 41 heavy (non-hydrogen) atoms. The van der Waals surface area contributed by atoms with Crippen LogP contribution < -0.4 is 0 Å². The molecule has 0 aromatic rings. The van der Waals surface area contributed by atoms with Gasteiger partial charge in [-0.25, -0.2) is 32.5 Å². The molecule has 0 spiro atoms. The molecule has 0 aromatic heterocycles. The molecule has 0 rings (SSSR count). The van der Waals surface area contributed by atoms with Gasteiger partial charge in [-0.05, 0) is 40.0 Å². The van der Waals surface area contributed by atoms with E-state index in [9.17, 15) is 18.9 Å². The van der Waals surface area contributed by atoms with Crippen molar-refractivity contribution in [3.8, 4) is 0 Å². The molecule has 10 nitrogen and oxygen atoms in total. The van der Waals surface area contributed by atoms with E-state index in [1.807, 2.05) is 20.8 Å².